The van der Waals surface area contributed by atoms with Gasteiger partial charge in [0.05, 0.1) is 26.9 Å². The van der Waals surface area contributed by atoms with Crippen LogP contribution < -0.4 is 14.9 Å². The highest BCUT2D eigenvalue weighted by molar-refractivity contribution is 6.31. The molecule has 0 radical (unpaired) electrons. The number of hydrogen-bond acceptors (Lipinski definition) is 5. The van der Waals surface area contributed by atoms with Crippen molar-refractivity contribution in [2.75, 3.05) is 14.2 Å². The number of benzene rings is 3. The highest BCUT2D eigenvalue weighted by Crippen LogP contribution is 2.27. The molecule has 7 heteroatoms. The minimum Gasteiger partial charge on any atom is -0.507 e. The Balaban J connectivity index is 1.64. The number of hydrogen-bond donors (Lipinski definition) is 2. The van der Waals surface area contributed by atoms with Gasteiger partial charge in [-0.1, -0.05) is 41.9 Å². The Hall–Kier alpha value is -3.51. The third-order valence-electron chi connectivity index (χ3n) is 4.65. The predicted molar refractivity (Wildman–Crippen MR) is 121 cm³/mol. The molecule has 0 saturated carbocycles. The quantitative estimate of drug-likeness (QED) is 0.405. The van der Waals surface area contributed by atoms with Crippen molar-refractivity contribution >= 4 is 23.7 Å². The van der Waals surface area contributed by atoms with Gasteiger partial charge in [0, 0.05) is 10.6 Å². The smallest absolute Gasteiger partial charge is 0.244 e. The number of ether oxygens (including phenoxy) is 2. The number of carbonyl (C=O) groups excluding carboxylic acids is 1. The standard InChI is InChI=1S/C24H23ClN2O4/c1-30-22-10-8-17(13-23(22)31-2)14-24(29)27-26-15-19-12-16(7-9-21(19)28)11-18-5-3-4-6-20(18)25/h3-10,12-13,15,28H,11,14H2,1-2H3,(H,27,29). The van der Waals surface area contributed by atoms with E-state index in [2.05, 4.69) is 10.5 Å². The molecule has 1 amide bonds. The molecule has 3 aromatic rings. The van der Waals surface area contributed by atoms with Crippen molar-refractivity contribution in [3.63, 3.8) is 0 Å². The third-order valence-corrected chi connectivity index (χ3v) is 5.02. The van der Waals surface area contributed by atoms with Gasteiger partial charge in [0.25, 0.3) is 0 Å². The molecule has 2 N–H and O–H groups in total. The fraction of sp³-hybridized carbons (Fsp3) is 0.167. The molecular formula is C24H23ClN2O4. The van der Waals surface area contributed by atoms with E-state index in [9.17, 15) is 9.90 Å². The van der Waals surface area contributed by atoms with Crippen LogP contribution in [0.4, 0.5) is 0 Å². The molecule has 0 aliphatic rings. The van der Waals surface area contributed by atoms with Crippen LogP contribution >= 0.6 is 11.6 Å². The Kier molecular flexibility index (Phi) is 7.51. The van der Waals surface area contributed by atoms with Crippen LogP contribution in [0.5, 0.6) is 17.2 Å². The molecule has 0 atom stereocenters. The second kappa shape index (κ2) is 10.5. The summed E-state index contributed by atoms with van der Waals surface area (Å²) in [5.74, 6) is 0.921. The van der Waals surface area contributed by atoms with Crippen LogP contribution in [0.15, 0.2) is 65.8 Å². The summed E-state index contributed by atoms with van der Waals surface area (Å²) in [4.78, 5) is 12.2. The average Bonchev–Trinajstić information content (AvgIpc) is 2.77. The topological polar surface area (TPSA) is 80.2 Å². The summed E-state index contributed by atoms with van der Waals surface area (Å²) in [5.41, 5.74) is 5.68. The largest absolute Gasteiger partial charge is 0.507 e. The van der Waals surface area contributed by atoms with Gasteiger partial charge in [0.1, 0.15) is 5.75 Å². The van der Waals surface area contributed by atoms with Gasteiger partial charge in [0.15, 0.2) is 11.5 Å². The van der Waals surface area contributed by atoms with E-state index in [-0.39, 0.29) is 18.1 Å². The number of halogens is 1. The van der Waals surface area contributed by atoms with E-state index in [1.165, 1.54) is 6.21 Å². The lowest BCUT2D eigenvalue weighted by Gasteiger charge is -2.09. The summed E-state index contributed by atoms with van der Waals surface area (Å²) in [5, 5.41) is 14.8. The van der Waals surface area contributed by atoms with E-state index in [0.717, 1.165) is 16.7 Å². The Bertz CT molecular complexity index is 1100. The predicted octanol–water partition coefficient (Wildman–Crippen LogP) is 4.35. The van der Waals surface area contributed by atoms with Crippen molar-refractivity contribution in [1.29, 1.82) is 0 Å². The van der Waals surface area contributed by atoms with E-state index in [0.29, 0.717) is 28.5 Å². The molecule has 0 spiro atoms. The normalized spacial score (nSPS) is 10.8. The maximum absolute atomic E-state index is 12.2. The summed E-state index contributed by atoms with van der Waals surface area (Å²) in [7, 11) is 3.09. The van der Waals surface area contributed by atoms with Gasteiger partial charge in [-0.3, -0.25) is 4.79 Å². The Morgan fingerprint density at radius 3 is 2.52 bits per heavy atom. The van der Waals surface area contributed by atoms with E-state index in [1.807, 2.05) is 36.4 Å². The maximum atomic E-state index is 12.2. The molecule has 31 heavy (non-hydrogen) atoms. The Morgan fingerprint density at radius 1 is 1.03 bits per heavy atom. The first kappa shape index (κ1) is 22.2. The zero-order valence-electron chi connectivity index (χ0n) is 17.3. The fourth-order valence-corrected chi connectivity index (χ4v) is 3.27. The number of phenols is 1. The summed E-state index contributed by atoms with van der Waals surface area (Å²) in [6, 6.07) is 18.1. The first-order valence-corrected chi connectivity index (χ1v) is 9.96. The molecular weight excluding hydrogens is 416 g/mol. The molecule has 0 aliphatic carbocycles. The molecule has 3 aromatic carbocycles. The second-order valence-corrected chi connectivity index (χ2v) is 7.23. The van der Waals surface area contributed by atoms with Crippen molar-refractivity contribution < 1.29 is 19.4 Å². The second-order valence-electron chi connectivity index (χ2n) is 6.82. The molecule has 0 aromatic heterocycles. The number of rotatable bonds is 8. The summed E-state index contributed by atoms with van der Waals surface area (Å²) < 4.78 is 10.4. The van der Waals surface area contributed by atoms with Crippen LogP contribution in [-0.4, -0.2) is 31.4 Å². The van der Waals surface area contributed by atoms with Gasteiger partial charge in [-0.05, 0) is 53.4 Å². The van der Waals surface area contributed by atoms with Gasteiger partial charge in [0.2, 0.25) is 5.91 Å². The van der Waals surface area contributed by atoms with Crippen molar-refractivity contribution in [3.8, 4) is 17.2 Å². The van der Waals surface area contributed by atoms with Crippen LogP contribution in [0.25, 0.3) is 0 Å². The number of aromatic hydroxyl groups is 1. The van der Waals surface area contributed by atoms with Crippen LogP contribution in [0, 0.1) is 0 Å². The van der Waals surface area contributed by atoms with Crippen LogP contribution in [0.2, 0.25) is 5.02 Å². The maximum Gasteiger partial charge on any atom is 0.244 e. The van der Waals surface area contributed by atoms with Gasteiger partial charge in [-0.15, -0.1) is 0 Å². The lowest BCUT2D eigenvalue weighted by molar-refractivity contribution is -0.120. The van der Waals surface area contributed by atoms with E-state index < -0.39 is 0 Å². The SMILES string of the molecule is COc1ccc(CC(=O)NN=Cc2cc(Cc3ccccc3Cl)ccc2O)cc1OC. The zero-order valence-corrected chi connectivity index (χ0v) is 18.0. The summed E-state index contributed by atoms with van der Waals surface area (Å²) in [6.07, 6.45) is 2.15. The number of nitrogens with zero attached hydrogens (tertiary/aromatic N) is 1. The van der Waals surface area contributed by atoms with Crippen LogP contribution in [0.1, 0.15) is 22.3 Å². The lowest BCUT2D eigenvalue weighted by Crippen LogP contribution is -2.19. The van der Waals surface area contributed by atoms with E-state index in [4.69, 9.17) is 21.1 Å². The number of methoxy groups -OCH3 is 2. The first-order valence-electron chi connectivity index (χ1n) is 9.58. The fourth-order valence-electron chi connectivity index (χ4n) is 3.07. The molecule has 0 heterocycles. The molecule has 160 valence electrons. The van der Waals surface area contributed by atoms with Crippen molar-refractivity contribution in [2.45, 2.75) is 12.8 Å². The number of nitrogens with one attached hydrogen (secondary N) is 1. The zero-order chi connectivity index (χ0) is 22.2. The molecule has 0 saturated heterocycles. The highest BCUT2D eigenvalue weighted by Gasteiger charge is 2.08. The van der Waals surface area contributed by atoms with Crippen molar-refractivity contribution in [2.24, 2.45) is 5.10 Å². The summed E-state index contributed by atoms with van der Waals surface area (Å²) >= 11 is 6.23. The van der Waals surface area contributed by atoms with Crippen LogP contribution in [-0.2, 0) is 17.6 Å². The van der Waals surface area contributed by atoms with Gasteiger partial charge in [-0.25, -0.2) is 5.43 Å². The minimum absolute atomic E-state index is 0.0702. The van der Waals surface area contributed by atoms with Crippen molar-refractivity contribution in [3.05, 3.63) is 87.9 Å². The molecule has 3 rings (SSSR count). The summed E-state index contributed by atoms with van der Waals surface area (Å²) in [6.45, 7) is 0. The number of carbonyl (C=O) groups is 1. The van der Waals surface area contributed by atoms with Crippen molar-refractivity contribution in [1.82, 2.24) is 5.43 Å². The first-order chi connectivity index (χ1) is 15.0. The Morgan fingerprint density at radius 2 is 1.77 bits per heavy atom. The number of phenolic OH excluding ortho intramolecular Hbond substituents is 1. The molecule has 0 aliphatic heterocycles. The van der Waals surface area contributed by atoms with Gasteiger partial charge in [-0.2, -0.15) is 5.10 Å². The molecule has 0 unspecified atom stereocenters. The molecule has 6 nitrogen and oxygen atoms in total. The van der Waals surface area contributed by atoms with E-state index >= 15 is 0 Å². The molecule has 0 fully saturated rings. The minimum atomic E-state index is -0.296. The highest BCUT2D eigenvalue weighted by atomic mass is 35.5. The lowest BCUT2D eigenvalue weighted by atomic mass is 10.0. The Labute approximate surface area is 186 Å². The van der Waals surface area contributed by atoms with Gasteiger partial charge < -0.3 is 14.6 Å². The number of amides is 1. The van der Waals surface area contributed by atoms with Gasteiger partial charge >= 0.3 is 0 Å². The monoisotopic (exact) mass is 438 g/mol. The molecule has 0 bridgehead atoms. The number of hydrazone groups is 1. The average molecular weight is 439 g/mol. The van der Waals surface area contributed by atoms with Crippen LogP contribution in [0.3, 0.4) is 0 Å². The van der Waals surface area contributed by atoms with E-state index in [1.54, 1.807) is 38.5 Å². The third kappa shape index (κ3) is 5.99.